The van der Waals surface area contributed by atoms with E-state index in [0.717, 1.165) is 11.3 Å². The van der Waals surface area contributed by atoms with Gasteiger partial charge in [0.15, 0.2) is 0 Å². The summed E-state index contributed by atoms with van der Waals surface area (Å²) in [5, 5.41) is 23.3. The van der Waals surface area contributed by atoms with Crippen molar-refractivity contribution in [1.82, 2.24) is 0 Å². The van der Waals surface area contributed by atoms with Gasteiger partial charge in [0.05, 0.1) is 11.5 Å². The first-order valence-electron chi connectivity index (χ1n) is 5.96. The quantitative estimate of drug-likeness (QED) is 0.654. The molecule has 6 heteroatoms. The van der Waals surface area contributed by atoms with Crippen LogP contribution in [0.4, 0.5) is 11.4 Å². The number of hydrogen-bond donors (Lipinski definition) is 2. The van der Waals surface area contributed by atoms with Gasteiger partial charge in [-0.1, -0.05) is 23.7 Å². The number of nitro groups is 1. The molecular formula is C14H13ClN2O3. The van der Waals surface area contributed by atoms with E-state index < -0.39 is 4.92 Å². The van der Waals surface area contributed by atoms with E-state index in [1.165, 1.54) is 18.2 Å². The van der Waals surface area contributed by atoms with Gasteiger partial charge in [0.25, 0.3) is 5.69 Å². The predicted octanol–water partition coefficient (Wildman–Crippen LogP) is 3.35. The molecule has 0 aliphatic heterocycles. The van der Waals surface area contributed by atoms with Gasteiger partial charge >= 0.3 is 0 Å². The molecule has 0 heterocycles. The Morgan fingerprint density at radius 2 is 1.90 bits per heavy atom. The molecule has 0 saturated carbocycles. The molecule has 0 radical (unpaired) electrons. The third-order valence-corrected chi connectivity index (χ3v) is 3.23. The topological polar surface area (TPSA) is 75.4 Å². The third kappa shape index (κ3) is 3.46. The number of anilines is 1. The number of halogens is 1. The number of non-ortho nitro benzene ring substituents is 1. The fourth-order valence-electron chi connectivity index (χ4n) is 1.74. The largest absolute Gasteiger partial charge is 0.392 e. The Kier molecular flexibility index (Phi) is 4.55. The molecule has 0 fully saturated rings. The molecule has 20 heavy (non-hydrogen) atoms. The Balaban J connectivity index is 2.09. The Morgan fingerprint density at radius 1 is 1.20 bits per heavy atom. The van der Waals surface area contributed by atoms with Crippen LogP contribution in [0.2, 0.25) is 5.02 Å². The summed E-state index contributed by atoms with van der Waals surface area (Å²) in [6.45, 7) is 0.385. The zero-order chi connectivity index (χ0) is 14.5. The van der Waals surface area contributed by atoms with Crippen molar-refractivity contribution in [2.75, 3.05) is 5.32 Å². The van der Waals surface area contributed by atoms with Crippen molar-refractivity contribution in [3.63, 3.8) is 0 Å². The van der Waals surface area contributed by atoms with Crippen LogP contribution in [0.5, 0.6) is 0 Å². The second-order valence-corrected chi connectivity index (χ2v) is 4.65. The van der Waals surface area contributed by atoms with Crippen molar-refractivity contribution in [2.24, 2.45) is 0 Å². The average molecular weight is 293 g/mol. The summed E-state index contributed by atoms with van der Waals surface area (Å²) < 4.78 is 0. The van der Waals surface area contributed by atoms with E-state index in [4.69, 9.17) is 16.7 Å². The van der Waals surface area contributed by atoms with E-state index in [0.29, 0.717) is 17.1 Å². The maximum Gasteiger partial charge on any atom is 0.269 e. The van der Waals surface area contributed by atoms with Crippen molar-refractivity contribution < 1.29 is 10.0 Å². The van der Waals surface area contributed by atoms with Crippen LogP contribution in [0, 0.1) is 10.1 Å². The molecule has 0 aromatic heterocycles. The van der Waals surface area contributed by atoms with Gasteiger partial charge in [-0.05, 0) is 29.3 Å². The number of nitro benzene ring substituents is 1. The molecule has 2 aromatic rings. The summed E-state index contributed by atoms with van der Waals surface area (Å²) in [5.41, 5.74) is 2.35. The van der Waals surface area contributed by atoms with Crippen LogP contribution >= 0.6 is 11.6 Å². The minimum Gasteiger partial charge on any atom is -0.392 e. The normalized spacial score (nSPS) is 10.3. The van der Waals surface area contributed by atoms with Gasteiger partial charge in [-0.15, -0.1) is 0 Å². The summed E-state index contributed by atoms with van der Waals surface area (Å²) in [6, 6.07) is 11.6. The van der Waals surface area contributed by atoms with E-state index in [1.54, 1.807) is 12.1 Å². The Labute approximate surface area is 121 Å². The smallest absolute Gasteiger partial charge is 0.269 e. The van der Waals surface area contributed by atoms with Crippen LogP contribution in [0.3, 0.4) is 0 Å². The van der Waals surface area contributed by atoms with Crippen molar-refractivity contribution in [1.29, 1.82) is 0 Å². The summed E-state index contributed by atoms with van der Waals surface area (Å²) in [6.07, 6.45) is 0. The molecule has 0 amide bonds. The standard InChI is InChI=1S/C14H13ClN2O3/c15-14-6-5-13(17(19)20)7-11(14)8-16-12-3-1-10(9-18)2-4-12/h1-7,16,18H,8-9H2. The number of hydrogen-bond acceptors (Lipinski definition) is 4. The van der Waals surface area contributed by atoms with Crippen LogP contribution in [-0.2, 0) is 13.2 Å². The minimum atomic E-state index is -0.449. The Bertz CT molecular complexity index is 614. The lowest BCUT2D eigenvalue weighted by molar-refractivity contribution is -0.384. The third-order valence-electron chi connectivity index (χ3n) is 2.86. The highest BCUT2D eigenvalue weighted by molar-refractivity contribution is 6.31. The van der Waals surface area contributed by atoms with E-state index in [-0.39, 0.29) is 12.3 Å². The zero-order valence-electron chi connectivity index (χ0n) is 10.5. The monoisotopic (exact) mass is 292 g/mol. The van der Waals surface area contributed by atoms with Gasteiger partial charge in [0.2, 0.25) is 0 Å². The maximum atomic E-state index is 10.7. The van der Waals surface area contributed by atoms with E-state index in [9.17, 15) is 10.1 Å². The highest BCUT2D eigenvalue weighted by Gasteiger charge is 2.09. The molecule has 0 bridgehead atoms. The molecule has 2 rings (SSSR count). The van der Waals surface area contributed by atoms with Crippen LogP contribution in [0.15, 0.2) is 42.5 Å². The minimum absolute atomic E-state index is 0.00299. The SMILES string of the molecule is O=[N+]([O-])c1ccc(Cl)c(CNc2ccc(CO)cc2)c1. The van der Waals surface area contributed by atoms with E-state index >= 15 is 0 Å². The first-order chi connectivity index (χ1) is 9.60. The van der Waals surface area contributed by atoms with Crippen LogP contribution < -0.4 is 5.32 Å². The number of nitrogens with zero attached hydrogens (tertiary/aromatic N) is 1. The number of aliphatic hydroxyl groups is 1. The van der Waals surface area contributed by atoms with Crippen LogP contribution in [-0.4, -0.2) is 10.0 Å². The lowest BCUT2D eigenvalue weighted by Crippen LogP contribution is -2.01. The first kappa shape index (κ1) is 14.3. The van der Waals surface area contributed by atoms with Gasteiger partial charge in [-0.2, -0.15) is 0 Å². The Hall–Kier alpha value is -2.11. The van der Waals surface area contributed by atoms with Crippen molar-refractivity contribution in [2.45, 2.75) is 13.2 Å². The maximum absolute atomic E-state index is 10.7. The van der Waals surface area contributed by atoms with Gasteiger partial charge in [-0.25, -0.2) is 0 Å². The van der Waals surface area contributed by atoms with Crippen molar-refractivity contribution >= 4 is 23.0 Å². The van der Waals surface area contributed by atoms with Crippen LogP contribution in [0.25, 0.3) is 0 Å². The highest BCUT2D eigenvalue weighted by Crippen LogP contribution is 2.23. The molecule has 0 aliphatic rings. The summed E-state index contributed by atoms with van der Waals surface area (Å²) >= 11 is 6.02. The number of aliphatic hydroxyl groups excluding tert-OH is 1. The number of benzene rings is 2. The predicted molar refractivity (Wildman–Crippen MR) is 77.8 cm³/mol. The fraction of sp³-hybridized carbons (Fsp3) is 0.143. The average Bonchev–Trinajstić information content (AvgIpc) is 2.46. The molecule has 0 unspecified atom stereocenters. The molecule has 0 saturated heterocycles. The second-order valence-electron chi connectivity index (χ2n) is 4.24. The lowest BCUT2D eigenvalue weighted by Gasteiger charge is -2.08. The second kappa shape index (κ2) is 6.36. The van der Waals surface area contributed by atoms with Gasteiger partial charge < -0.3 is 10.4 Å². The molecular weight excluding hydrogens is 280 g/mol. The fourth-order valence-corrected chi connectivity index (χ4v) is 1.92. The molecule has 104 valence electrons. The number of nitrogens with one attached hydrogen (secondary N) is 1. The number of rotatable bonds is 5. The van der Waals surface area contributed by atoms with Crippen molar-refractivity contribution in [3.8, 4) is 0 Å². The highest BCUT2D eigenvalue weighted by atomic mass is 35.5. The molecule has 5 nitrogen and oxygen atoms in total. The lowest BCUT2D eigenvalue weighted by atomic mass is 10.2. The van der Waals surface area contributed by atoms with E-state index in [1.807, 2.05) is 12.1 Å². The zero-order valence-corrected chi connectivity index (χ0v) is 11.3. The molecule has 0 aliphatic carbocycles. The van der Waals surface area contributed by atoms with Crippen molar-refractivity contribution in [3.05, 3.63) is 68.7 Å². The van der Waals surface area contributed by atoms with Gasteiger partial charge in [0, 0.05) is 29.4 Å². The Morgan fingerprint density at radius 3 is 2.50 bits per heavy atom. The van der Waals surface area contributed by atoms with Crippen LogP contribution in [0.1, 0.15) is 11.1 Å². The summed E-state index contributed by atoms with van der Waals surface area (Å²) in [4.78, 5) is 10.3. The summed E-state index contributed by atoms with van der Waals surface area (Å²) in [7, 11) is 0. The molecule has 2 N–H and O–H groups in total. The molecule has 0 atom stereocenters. The first-order valence-corrected chi connectivity index (χ1v) is 6.34. The molecule has 2 aromatic carbocycles. The van der Waals surface area contributed by atoms with E-state index in [2.05, 4.69) is 5.32 Å². The van der Waals surface area contributed by atoms with Gasteiger partial charge in [0.1, 0.15) is 0 Å². The van der Waals surface area contributed by atoms with Gasteiger partial charge in [-0.3, -0.25) is 10.1 Å². The molecule has 0 spiro atoms. The summed E-state index contributed by atoms with van der Waals surface area (Å²) in [5.74, 6) is 0.